The van der Waals surface area contributed by atoms with Gasteiger partial charge in [-0.1, -0.05) is 29.8 Å². The van der Waals surface area contributed by atoms with Gasteiger partial charge in [0.2, 0.25) is 0 Å². The van der Waals surface area contributed by atoms with Gasteiger partial charge in [-0.15, -0.1) is 0 Å². The van der Waals surface area contributed by atoms with Crippen molar-refractivity contribution in [2.24, 2.45) is 0 Å². The molecule has 122 valence electrons. The van der Waals surface area contributed by atoms with E-state index in [0.717, 1.165) is 0 Å². The fourth-order valence-electron chi connectivity index (χ4n) is 1.95. The summed E-state index contributed by atoms with van der Waals surface area (Å²) in [7, 11) is -3.79. The molecule has 0 heterocycles. The molecular formula is C16H16ClNO4S. The number of rotatable bonds is 5. The molecule has 0 bridgehead atoms. The lowest BCUT2D eigenvalue weighted by Crippen LogP contribution is -2.45. The van der Waals surface area contributed by atoms with Gasteiger partial charge in [0, 0.05) is 10.7 Å². The van der Waals surface area contributed by atoms with Gasteiger partial charge in [-0.25, -0.2) is 8.42 Å². The van der Waals surface area contributed by atoms with Gasteiger partial charge >= 0.3 is 0 Å². The van der Waals surface area contributed by atoms with Gasteiger partial charge < -0.3 is 10.4 Å². The van der Waals surface area contributed by atoms with Crippen molar-refractivity contribution in [3.63, 3.8) is 0 Å². The Balaban J connectivity index is 2.14. The normalized spacial score (nSPS) is 14.0. The second-order valence-corrected chi connectivity index (χ2v) is 7.73. The monoisotopic (exact) mass is 353 g/mol. The number of carbonyl (C=O) groups excluding carboxylic acids is 1. The van der Waals surface area contributed by atoms with Crippen LogP contribution in [-0.2, 0) is 14.6 Å². The summed E-state index contributed by atoms with van der Waals surface area (Å²) in [6.45, 7) is 1.17. The Bertz CT molecular complexity index is 787. The van der Waals surface area contributed by atoms with Crippen molar-refractivity contribution >= 4 is 33.0 Å². The third-order valence-electron chi connectivity index (χ3n) is 3.16. The maximum Gasteiger partial charge on any atom is 0.257 e. The average Bonchev–Trinajstić information content (AvgIpc) is 2.49. The lowest BCUT2D eigenvalue weighted by Gasteiger charge is -2.22. The number of carbonyl (C=O) groups is 1. The molecule has 2 N–H and O–H groups in total. The first-order valence-electron chi connectivity index (χ1n) is 6.78. The minimum Gasteiger partial charge on any atom is -0.379 e. The Morgan fingerprint density at radius 3 is 2.26 bits per heavy atom. The Hall–Kier alpha value is -1.89. The third kappa shape index (κ3) is 4.54. The first-order valence-corrected chi connectivity index (χ1v) is 8.81. The highest BCUT2D eigenvalue weighted by atomic mass is 35.5. The Morgan fingerprint density at radius 1 is 1.13 bits per heavy atom. The molecule has 0 saturated carbocycles. The van der Waals surface area contributed by atoms with Gasteiger partial charge in [-0.2, -0.15) is 0 Å². The summed E-state index contributed by atoms with van der Waals surface area (Å²) >= 11 is 5.75. The topological polar surface area (TPSA) is 83.5 Å². The maximum atomic E-state index is 12.3. The van der Waals surface area contributed by atoms with E-state index in [1.54, 1.807) is 42.5 Å². The Kier molecular flexibility index (Phi) is 5.09. The summed E-state index contributed by atoms with van der Waals surface area (Å²) in [6, 6.07) is 13.9. The zero-order valence-electron chi connectivity index (χ0n) is 12.4. The van der Waals surface area contributed by atoms with Gasteiger partial charge in [0.25, 0.3) is 5.91 Å². The van der Waals surface area contributed by atoms with Crippen molar-refractivity contribution in [1.29, 1.82) is 0 Å². The van der Waals surface area contributed by atoms with Gasteiger partial charge in [-0.3, -0.25) is 4.79 Å². The number of halogens is 1. The van der Waals surface area contributed by atoms with Crippen LogP contribution in [0.4, 0.5) is 5.69 Å². The molecular weight excluding hydrogens is 338 g/mol. The van der Waals surface area contributed by atoms with Crippen LogP contribution < -0.4 is 5.32 Å². The summed E-state index contributed by atoms with van der Waals surface area (Å²) in [5.41, 5.74) is -1.66. The molecule has 23 heavy (non-hydrogen) atoms. The molecule has 2 aromatic rings. The fourth-order valence-corrected chi connectivity index (χ4v) is 3.68. The van der Waals surface area contributed by atoms with Crippen LogP contribution in [0.25, 0.3) is 0 Å². The van der Waals surface area contributed by atoms with Crippen LogP contribution in [0.5, 0.6) is 0 Å². The van der Waals surface area contributed by atoms with Crippen LogP contribution in [0.15, 0.2) is 59.5 Å². The molecule has 5 nitrogen and oxygen atoms in total. The van der Waals surface area contributed by atoms with E-state index in [1.165, 1.54) is 19.1 Å². The molecule has 1 amide bonds. The molecule has 0 saturated heterocycles. The van der Waals surface area contributed by atoms with E-state index in [9.17, 15) is 18.3 Å². The molecule has 1 atom stereocenters. The molecule has 2 rings (SSSR count). The fraction of sp³-hybridized carbons (Fsp3) is 0.188. The molecule has 2 aromatic carbocycles. The summed E-state index contributed by atoms with van der Waals surface area (Å²) in [6.07, 6.45) is 0. The lowest BCUT2D eigenvalue weighted by molar-refractivity contribution is -0.130. The predicted molar refractivity (Wildman–Crippen MR) is 89.2 cm³/mol. The van der Waals surface area contributed by atoms with E-state index in [4.69, 9.17) is 11.6 Å². The van der Waals surface area contributed by atoms with Crippen LogP contribution >= 0.6 is 11.6 Å². The molecule has 7 heteroatoms. The van der Waals surface area contributed by atoms with Gasteiger partial charge in [0.1, 0.15) is 0 Å². The first kappa shape index (κ1) is 17.5. The number of anilines is 1. The smallest absolute Gasteiger partial charge is 0.257 e. The molecule has 0 aliphatic carbocycles. The highest BCUT2D eigenvalue weighted by molar-refractivity contribution is 7.91. The van der Waals surface area contributed by atoms with Crippen molar-refractivity contribution in [3.8, 4) is 0 Å². The minimum absolute atomic E-state index is 0.0552. The summed E-state index contributed by atoms with van der Waals surface area (Å²) in [4.78, 5) is 12.2. The van der Waals surface area contributed by atoms with E-state index >= 15 is 0 Å². The van der Waals surface area contributed by atoms with Crippen molar-refractivity contribution in [1.82, 2.24) is 0 Å². The van der Waals surface area contributed by atoms with Gasteiger partial charge in [0.15, 0.2) is 15.4 Å². The second kappa shape index (κ2) is 6.70. The van der Waals surface area contributed by atoms with E-state index in [0.29, 0.717) is 10.7 Å². The minimum atomic E-state index is -3.79. The number of nitrogens with one attached hydrogen (secondary N) is 1. The number of sulfone groups is 1. The molecule has 0 aliphatic rings. The maximum absolute atomic E-state index is 12.3. The molecule has 0 spiro atoms. The SMILES string of the molecule is C[C@@](O)(CS(=O)(=O)c1ccccc1)C(=O)Nc1ccc(Cl)cc1. The second-order valence-electron chi connectivity index (χ2n) is 5.31. The van der Waals surface area contributed by atoms with E-state index in [1.807, 2.05) is 0 Å². The van der Waals surface area contributed by atoms with E-state index < -0.39 is 27.1 Å². The number of hydrogen-bond donors (Lipinski definition) is 2. The molecule has 0 fully saturated rings. The zero-order valence-corrected chi connectivity index (χ0v) is 13.9. The van der Waals surface area contributed by atoms with Crippen molar-refractivity contribution in [2.45, 2.75) is 17.4 Å². The Morgan fingerprint density at radius 2 is 1.70 bits per heavy atom. The van der Waals surface area contributed by atoms with Crippen molar-refractivity contribution < 1.29 is 18.3 Å². The molecule has 0 aromatic heterocycles. The van der Waals surface area contributed by atoms with E-state index in [-0.39, 0.29) is 4.90 Å². The van der Waals surface area contributed by atoms with Gasteiger partial charge in [-0.05, 0) is 43.3 Å². The van der Waals surface area contributed by atoms with Gasteiger partial charge in [0.05, 0.1) is 10.6 Å². The third-order valence-corrected chi connectivity index (χ3v) is 5.35. The van der Waals surface area contributed by atoms with Crippen molar-refractivity contribution in [2.75, 3.05) is 11.1 Å². The van der Waals surface area contributed by atoms with Crippen LogP contribution in [0, 0.1) is 0 Å². The summed E-state index contributed by atoms with van der Waals surface area (Å²) in [5, 5.41) is 13.3. The molecule has 0 aliphatic heterocycles. The van der Waals surface area contributed by atoms with Crippen molar-refractivity contribution in [3.05, 3.63) is 59.6 Å². The quantitative estimate of drug-likeness (QED) is 0.865. The van der Waals surface area contributed by atoms with Crippen LogP contribution in [0.2, 0.25) is 5.02 Å². The summed E-state index contributed by atoms with van der Waals surface area (Å²) < 4.78 is 24.6. The van der Waals surface area contributed by atoms with E-state index in [2.05, 4.69) is 5.32 Å². The highest BCUT2D eigenvalue weighted by Gasteiger charge is 2.36. The zero-order chi connectivity index (χ0) is 17.1. The number of aliphatic hydroxyl groups is 1. The number of hydrogen-bond acceptors (Lipinski definition) is 4. The number of benzene rings is 2. The highest BCUT2D eigenvalue weighted by Crippen LogP contribution is 2.19. The van der Waals surface area contributed by atoms with Crippen LogP contribution in [0.1, 0.15) is 6.92 Å². The lowest BCUT2D eigenvalue weighted by atomic mass is 10.1. The van der Waals surface area contributed by atoms with Crippen LogP contribution in [0.3, 0.4) is 0 Å². The standard InChI is InChI=1S/C16H16ClNO4S/c1-16(20,11-23(21,22)14-5-3-2-4-6-14)15(19)18-13-9-7-12(17)8-10-13/h2-10,20H,11H2,1H3,(H,18,19)/t16-/m1/s1. The molecule has 0 radical (unpaired) electrons. The summed E-state index contributed by atoms with van der Waals surface area (Å²) in [5.74, 6) is -1.52. The molecule has 0 unspecified atom stereocenters. The Labute approximate surface area is 139 Å². The largest absolute Gasteiger partial charge is 0.379 e. The average molecular weight is 354 g/mol. The predicted octanol–water partition coefficient (Wildman–Crippen LogP) is 2.50. The number of amides is 1. The first-order chi connectivity index (χ1) is 10.7. The van der Waals surface area contributed by atoms with Crippen LogP contribution in [-0.4, -0.2) is 30.8 Å².